The average molecular weight is 386 g/mol. The molecule has 1 aromatic carbocycles. The molecular weight excluding hydrogens is 356 g/mol. The summed E-state index contributed by atoms with van der Waals surface area (Å²) >= 11 is 0. The van der Waals surface area contributed by atoms with Crippen molar-refractivity contribution in [2.75, 3.05) is 7.05 Å². The van der Waals surface area contributed by atoms with Crippen molar-refractivity contribution >= 4 is 17.9 Å². The minimum atomic E-state index is -0.917. The molecule has 2 N–H and O–H groups in total. The highest BCUT2D eigenvalue weighted by atomic mass is 16.4. The number of aliphatic carboxylic acids is 1. The van der Waals surface area contributed by atoms with Crippen LogP contribution in [0.3, 0.4) is 0 Å². The third kappa shape index (κ3) is 3.29. The Hall–Kier alpha value is -2.37. The van der Waals surface area contributed by atoms with Gasteiger partial charge < -0.3 is 10.4 Å². The van der Waals surface area contributed by atoms with E-state index in [1.165, 1.54) is 7.05 Å². The Balaban J connectivity index is 2.18. The van der Waals surface area contributed by atoms with E-state index in [4.69, 9.17) is 0 Å². The molecule has 2 unspecified atom stereocenters. The molecule has 1 heterocycles. The highest BCUT2D eigenvalue weighted by Crippen LogP contribution is 2.50. The summed E-state index contributed by atoms with van der Waals surface area (Å²) in [7, 11) is 1.48. The number of carboxylic acid groups (broad SMARTS) is 1. The van der Waals surface area contributed by atoms with Crippen molar-refractivity contribution in [3.8, 4) is 0 Å². The Morgan fingerprint density at radius 2 is 1.89 bits per heavy atom. The maximum Gasteiger partial charge on any atom is 0.324 e. The molecule has 152 valence electrons. The molecule has 6 nitrogen and oxygen atoms in total. The van der Waals surface area contributed by atoms with E-state index in [9.17, 15) is 19.5 Å². The van der Waals surface area contributed by atoms with Crippen LogP contribution in [0.15, 0.2) is 12.1 Å². The van der Waals surface area contributed by atoms with Crippen LogP contribution in [0.25, 0.3) is 0 Å². The van der Waals surface area contributed by atoms with Gasteiger partial charge >= 0.3 is 12.0 Å². The number of benzene rings is 1. The Bertz CT molecular complexity index is 845. The molecule has 1 aliphatic carbocycles. The van der Waals surface area contributed by atoms with Crippen LogP contribution in [0.2, 0.25) is 0 Å². The van der Waals surface area contributed by atoms with Crippen molar-refractivity contribution in [1.82, 2.24) is 10.2 Å². The summed E-state index contributed by atoms with van der Waals surface area (Å²) in [6, 6.07) is 3.24. The molecule has 2 atom stereocenters. The summed E-state index contributed by atoms with van der Waals surface area (Å²) < 4.78 is 0. The zero-order valence-corrected chi connectivity index (χ0v) is 17.4. The van der Waals surface area contributed by atoms with Gasteiger partial charge in [-0.2, -0.15) is 0 Å². The van der Waals surface area contributed by atoms with E-state index in [2.05, 4.69) is 26.1 Å². The van der Waals surface area contributed by atoms with Crippen LogP contribution in [0.5, 0.6) is 0 Å². The first kappa shape index (κ1) is 20.4. The van der Waals surface area contributed by atoms with Gasteiger partial charge in [0.2, 0.25) is 0 Å². The second kappa shape index (κ2) is 6.90. The minimum absolute atomic E-state index is 0.119. The standard InChI is InChI=1S/C22H30N2O4/c1-13(19(26)27)17-15-11-24(20(28)23-5)18(25)14(15)7-8-16(17)22(4)10-6-9-21(2,3)12-22/h7-8,13H,6,9-12H2,1-5H3,(H,23,28)(H,26,27). The van der Waals surface area contributed by atoms with Crippen LogP contribution in [-0.4, -0.2) is 35.0 Å². The lowest BCUT2D eigenvalue weighted by Crippen LogP contribution is -2.38. The van der Waals surface area contributed by atoms with Gasteiger partial charge in [-0.3, -0.25) is 14.5 Å². The lowest BCUT2D eigenvalue weighted by atomic mass is 9.60. The maximum atomic E-state index is 12.7. The number of nitrogens with zero attached hydrogens (tertiary/aromatic N) is 1. The number of fused-ring (bicyclic) bond motifs is 1. The van der Waals surface area contributed by atoms with Crippen molar-refractivity contribution in [3.63, 3.8) is 0 Å². The maximum absolute atomic E-state index is 12.7. The molecule has 0 spiro atoms. The predicted octanol–water partition coefficient (Wildman–Crippen LogP) is 4.03. The van der Waals surface area contributed by atoms with Crippen LogP contribution in [0.4, 0.5) is 4.79 Å². The molecule has 1 aromatic rings. The number of amides is 3. The lowest BCUT2D eigenvalue weighted by Gasteiger charge is -2.44. The van der Waals surface area contributed by atoms with E-state index in [1.807, 2.05) is 6.07 Å². The molecule has 0 saturated heterocycles. The topological polar surface area (TPSA) is 86.7 Å². The van der Waals surface area contributed by atoms with E-state index in [-0.39, 0.29) is 23.3 Å². The zero-order valence-electron chi connectivity index (χ0n) is 17.4. The summed E-state index contributed by atoms with van der Waals surface area (Å²) in [5, 5.41) is 12.3. The number of rotatable bonds is 3. The van der Waals surface area contributed by atoms with E-state index in [0.717, 1.165) is 36.1 Å². The lowest BCUT2D eigenvalue weighted by molar-refractivity contribution is -0.138. The molecule has 1 aliphatic heterocycles. The van der Waals surface area contributed by atoms with Gasteiger partial charge in [-0.25, -0.2) is 4.79 Å². The Morgan fingerprint density at radius 1 is 1.21 bits per heavy atom. The summed E-state index contributed by atoms with van der Waals surface area (Å²) in [6.07, 6.45) is 4.19. The Kier molecular flexibility index (Phi) is 5.02. The van der Waals surface area contributed by atoms with Gasteiger partial charge in [0.05, 0.1) is 12.5 Å². The molecule has 0 bridgehead atoms. The van der Waals surface area contributed by atoms with Crippen molar-refractivity contribution in [1.29, 1.82) is 0 Å². The second-order valence-corrected chi connectivity index (χ2v) is 9.31. The molecule has 3 rings (SSSR count). The summed E-state index contributed by atoms with van der Waals surface area (Å²) in [5.74, 6) is -2.03. The van der Waals surface area contributed by atoms with Gasteiger partial charge in [0.15, 0.2) is 0 Å². The third-order valence-corrected chi connectivity index (χ3v) is 6.51. The summed E-state index contributed by atoms with van der Waals surface area (Å²) in [4.78, 5) is 37.9. The summed E-state index contributed by atoms with van der Waals surface area (Å²) in [5.41, 5.74) is 2.88. The van der Waals surface area contributed by atoms with Crippen LogP contribution in [0, 0.1) is 5.41 Å². The molecule has 3 amide bonds. The number of carboxylic acids is 1. The highest BCUT2D eigenvalue weighted by Gasteiger charge is 2.43. The molecule has 6 heteroatoms. The number of carbonyl (C=O) groups is 3. The predicted molar refractivity (Wildman–Crippen MR) is 106 cm³/mol. The fraction of sp³-hybridized carbons (Fsp3) is 0.591. The average Bonchev–Trinajstić information content (AvgIpc) is 2.95. The van der Waals surface area contributed by atoms with Gasteiger partial charge in [0.25, 0.3) is 5.91 Å². The minimum Gasteiger partial charge on any atom is -0.481 e. The number of nitrogens with one attached hydrogen (secondary N) is 1. The highest BCUT2D eigenvalue weighted by molar-refractivity contribution is 6.08. The zero-order chi connectivity index (χ0) is 20.9. The van der Waals surface area contributed by atoms with Gasteiger partial charge in [-0.05, 0) is 59.8 Å². The van der Waals surface area contributed by atoms with Crippen LogP contribution in [-0.2, 0) is 16.8 Å². The smallest absolute Gasteiger partial charge is 0.324 e. The Labute approximate surface area is 166 Å². The molecule has 1 fully saturated rings. The number of hydrogen-bond acceptors (Lipinski definition) is 3. The van der Waals surface area contributed by atoms with E-state index >= 15 is 0 Å². The largest absolute Gasteiger partial charge is 0.481 e. The normalized spacial score (nSPS) is 24.6. The van der Waals surface area contributed by atoms with Gasteiger partial charge in [0, 0.05) is 12.6 Å². The van der Waals surface area contributed by atoms with Crippen molar-refractivity contribution in [2.24, 2.45) is 5.41 Å². The molecule has 1 saturated carbocycles. The molecular formula is C22H30N2O4. The monoisotopic (exact) mass is 386 g/mol. The number of hydrogen-bond donors (Lipinski definition) is 2. The molecule has 2 aliphatic rings. The first-order valence-electron chi connectivity index (χ1n) is 9.93. The van der Waals surface area contributed by atoms with Crippen LogP contribution in [0.1, 0.15) is 86.3 Å². The number of imide groups is 1. The first-order valence-corrected chi connectivity index (χ1v) is 9.93. The number of carbonyl (C=O) groups excluding carboxylic acids is 2. The molecule has 0 radical (unpaired) electrons. The van der Waals surface area contributed by atoms with E-state index in [1.54, 1.807) is 13.0 Å². The van der Waals surface area contributed by atoms with Gasteiger partial charge in [0.1, 0.15) is 0 Å². The van der Waals surface area contributed by atoms with Gasteiger partial charge in [-0.1, -0.05) is 33.3 Å². The van der Waals surface area contributed by atoms with E-state index < -0.39 is 17.9 Å². The van der Waals surface area contributed by atoms with E-state index in [0.29, 0.717) is 16.7 Å². The second-order valence-electron chi connectivity index (χ2n) is 9.31. The van der Waals surface area contributed by atoms with Crippen LogP contribution >= 0.6 is 0 Å². The van der Waals surface area contributed by atoms with Gasteiger partial charge in [-0.15, -0.1) is 0 Å². The van der Waals surface area contributed by atoms with Crippen molar-refractivity contribution in [2.45, 2.75) is 71.3 Å². The molecule has 0 aromatic heterocycles. The number of urea groups is 1. The van der Waals surface area contributed by atoms with Crippen molar-refractivity contribution < 1.29 is 19.5 Å². The fourth-order valence-corrected chi connectivity index (χ4v) is 5.27. The molecule has 28 heavy (non-hydrogen) atoms. The summed E-state index contributed by atoms with van der Waals surface area (Å²) in [6.45, 7) is 8.52. The fourth-order valence-electron chi connectivity index (χ4n) is 5.27. The first-order chi connectivity index (χ1) is 13.0. The van der Waals surface area contributed by atoms with Crippen molar-refractivity contribution in [3.05, 3.63) is 34.4 Å². The quantitative estimate of drug-likeness (QED) is 0.821. The SMILES string of the molecule is CNC(=O)N1Cc2c(ccc(C3(C)CCCC(C)(C)C3)c2C(C)C(=O)O)C1=O. The Morgan fingerprint density at radius 3 is 2.46 bits per heavy atom. The third-order valence-electron chi connectivity index (χ3n) is 6.51. The van der Waals surface area contributed by atoms with Crippen LogP contribution < -0.4 is 5.32 Å².